The van der Waals surface area contributed by atoms with E-state index in [1.54, 1.807) is 42.9 Å². The maximum Gasteiger partial charge on any atom is 0.262 e. The zero-order chi connectivity index (χ0) is 15.0. The average Bonchev–Trinajstić information content (AvgIpc) is 3.11. The van der Waals surface area contributed by atoms with Gasteiger partial charge in [-0.2, -0.15) is 0 Å². The Hall–Kier alpha value is -2.54. The van der Waals surface area contributed by atoms with Crippen LogP contribution in [0.5, 0.6) is 0 Å². The molecule has 1 aromatic carbocycles. The molecule has 106 valence electrons. The molecule has 0 fully saturated rings. The van der Waals surface area contributed by atoms with E-state index < -0.39 is 11.8 Å². The molecule has 3 amide bonds. The fourth-order valence-electron chi connectivity index (χ4n) is 2.11. The second kappa shape index (κ2) is 5.10. The minimum Gasteiger partial charge on any atom is -0.290 e. The Bertz CT molecular complexity index is 692. The van der Waals surface area contributed by atoms with Gasteiger partial charge in [0.25, 0.3) is 11.8 Å². The van der Waals surface area contributed by atoms with Gasteiger partial charge in [-0.1, -0.05) is 12.1 Å². The Morgan fingerprint density at radius 2 is 1.86 bits per heavy atom. The number of hydrogen-bond donors (Lipinski definition) is 0. The first-order valence-corrected chi connectivity index (χ1v) is 7.09. The van der Waals surface area contributed by atoms with Crippen molar-refractivity contribution < 1.29 is 14.4 Å². The van der Waals surface area contributed by atoms with Crippen molar-refractivity contribution >= 4 is 34.2 Å². The largest absolute Gasteiger partial charge is 0.290 e. The van der Waals surface area contributed by atoms with Crippen LogP contribution in [-0.4, -0.2) is 41.2 Å². The van der Waals surface area contributed by atoms with Crippen LogP contribution < -0.4 is 4.90 Å². The van der Waals surface area contributed by atoms with Gasteiger partial charge in [0.15, 0.2) is 5.13 Å². The molecular formula is C14H11N3O3S. The van der Waals surface area contributed by atoms with Gasteiger partial charge in [-0.05, 0) is 12.1 Å². The normalized spacial score (nSPS) is 13.5. The SMILES string of the molecule is CN(C(=O)CN1C(=O)c2ccccc2C1=O)c1nccs1. The topological polar surface area (TPSA) is 70.6 Å². The molecule has 6 nitrogen and oxygen atoms in total. The van der Waals surface area contributed by atoms with Crippen molar-refractivity contribution in [3.05, 3.63) is 47.0 Å². The maximum absolute atomic E-state index is 12.2. The number of likely N-dealkylation sites (N-methyl/N-ethyl adjacent to an activating group) is 1. The summed E-state index contributed by atoms with van der Waals surface area (Å²) in [4.78, 5) is 42.9. The molecule has 1 aliphatic rings. The quantitative estimate of drug-likeness (QED) is 0.804. The standard InChI is InChI=1S/C14H11N3O3S/c1-16(14-15-6-7-21-14)11(18)8-17-12(19)9-4-2-3-5-10(9)13(17)20/h2-7H,8H2,1H3. The van der Waals surface area contributed by atoms with Crippen molar-refractivity contribution in [2.24, 2.45) is 0 Å². The van der Waals surface area contributed by atoms with Crippen LogP contribution in [0, 0.1) is 0 Å². The minimum atomic E-state index is -0.434. The number of rotatable bonds is 3. The van der Waals surface area contributed by atoms with Gasteiger partial charge in [0.05, 0.1) is 11.1 Å². The van der Waals surface area contributed by atoms with Crippen molar-refractivity contribution in [1.29, 1.82) is 0 Å². The predicted molar refractivity (Wildman–Crippen MR) is 77.3 cm³/mol. The summed E-state index contributed by atoms with van der Waals surface area (Å²) in [5.41, 5.74) is 0.680. The lowest BCUT2D eigenvalue weighted by atomic mass is 10.1. The molecule has 0 spiro atoms. The Labute approximate surface area is 124 Å². The van der Waals surface area contributed by atoms with E-state index in [0.29, 0.717) is 16.3 Å². The first kappa shape index (κ1) is 13.4. The Morgan fingerprint density at radius 3 is 2.38 bits per heavy atom. The third kappa shape index (κ3) is 2.21. The highest BCUT2D eigenvalue weighted by Crippen LogP contribution is 2.23. The molecule has 2 aromatic rings. The summed E-state index contributed by atoms with van der Waals surface area (Å²) in [6, 6.07) is 6.56. The molecule has 1 aliphatic heterocycles. The molecule has 0 unspecified atom stereocenters. The summed E-state index contributed by atoms with van der Waals surface area (Å²) in [5.74, 6) is -1.23. The molecule has 7 heteroatoms. The number of thiazole rings is 1. The van der Waals surface area contributed by atoms with E-state index in [1.165, 1.54) is 16.2 Å². The fourth-order valence-corrected chi connectivity index (χ4v) is 2.74. The molecule has 0 saturated carbocycles. The van der Waals surface area contributed by atoms with Crippen molar-refractivity contribution in [3.8, 4) is 0 Å². The molecule has 0 saturated heterocycles. The lowest BCUT2D eigenvalue weighted by Crippen LogP contribution is -2.41. The molecule has 0 bridgehead atoms. The van der Waals surface area contributed by atoms with E-state index in [-0.39, 0.29) is 12.5 Å². The number of fused-ring (bicyclic) bond motifs is 1. The van der Waals surface area contributed by atoms with Crippen LogP contribution >= 0.6 is 11.3 Å². The van der Waals surface area contributed by atoms with E-state index in [9.17, 15) is 14.4 Å². The van der Waals surface area contributed by atoms with Crippen LogP contribution in [0.4, 0.5) is 5.13 Å². The van der Waals surface area contributed by atoms with E-state index in [0.717, 1.165) is 4.90 Å². The van der Waals surface area contributed by atoms with Crippen LogP contribution in [0.1, 0.15) is 20.7 Å². The first-order chi connectivity index (χ1) is 10.1. The van der Waals surface area contributed by atoms with Gasteiger partial charge in [0.1, 0.15) is 6.54 Å². The summed E-state index contributed by atoms with van der Waals surface area (Å²) in [5, 5.41) is 2.28. The molecule has 21 heavy (non-hydrogen) atoms. The maximum atomic E-state index is 12.2. The molecule has 0 aliphatic carbocycles. The Kier molecular flexibility index (Phi) is 3.26. The molecular weight excluding hydrogens is 290 g/mol. The van der Waals surface area contributed by atoms with Crippen LogP contribution in [0.3, 0.4) is 0 Å². The van der Waals surface area contributed by atoms with Gasteiger partial charge < -0.3 is 0 Å². The lowest BCUT2D eigenvalue weighted by molar-refractivity contribution is -0.118. The molecule has 0 N–H and O–H groups in total. The van der Waals surface area contributed by atoms with Gasteiger partial charge >= 0.3 is 0 Å². The van der Waals surface area contributed by atoms with Gasteiger partial charge in [0.2, 0.25) is 5.91 Å². The summed E-state index contributed by atoms with van der Waals surface area (Å²) in [6.07, 6.45) is 1.59. The fraction of sp³-hybridized carbons (Fsp3) is 0.143. The predicted octanol–water partition coefficient (Wildman–Crippen LogP) is 1.40. The molecule has 0 atom stereocenters. The summed E-state index contributed by atoms with van der Waals surface area (Å²) in [6.45, 7) is -0.289. The first-order valence-electron chi connectivity index (χ1n) is 6.21. The van der Waals surface area contributed by atoms with Crippen LogP contribution in [-0.2, 0) is 4.79 Å². The third-order valence-electron chi connectivity index (χ3n) is 3.25. The Morgan fingerprint density at radius 1 is 1.24 bits per heavy atom. The number of hydrogen-bond acceptors (Lipinski definition) is 5. The number of anilines is 1. The monoisotopic (exact) mass is 301 g/mol. The van der Waals surface area contributed by atoms with Crippen LogP contribution in [0.2, 0.25) is 0 Å². The highest BCUT2D eigenvalue weighted by Gasteiger charge is 2.36. The second-order valence-electron chi connectivity index (χ2n) is 4.51. The van der Waals surface area contributed by atoms with Crippen molar-refractivity contribution in [3.63, 3.8) is 0 Å². The molecule has 2 heterocycles. The highest BCUT2D eigenvalue weighted by atomic mass is 32.1. The van der Waals surface area contributed by atoms with Crippen molar-refractivity contribution in [2.75, 3.05) is 18.5 Å². The van der Waals surface area contributed by atoms with E-state index >= 15 is 0 Å². The molecule has 0 radical (unpaired) electrons. The summed E-state index contributed by atoms with van der Waals surface area (Å²) >= 11 is 1.31. The number of nitrogens with zero attached hydrogens (tertiary/aromatic N) is 3. The zero-order valence-corrected chi connectivity index (χ0v) is 12.0. The van der Waals surface area contributed by atoms with E-state index in [4.69, 9.17) is 0 Å². The number of amides is 3. The number of aromatic nitrogens is 1. The van der Waals surface area contributed by atoms with Gasteiger partial charge in [0, 0.05) is 18.6 Å². The van der Waals surface area contributed by atoms with Gasteiger partial charge in [-0.25, -0.2) is 4.98 Å². The average molecular weight is 301 g/mol. The zero-order valence-electron chi connectivity index (χ0n) is 11.1. The number of carbonyl (C=O) groups excluding carboxylic acids is 3. The highest BCUT2D eigenvalue weighted by molar-refractivity contribution is 7.13. The lowest BCUT2D eigenvalue weighted by Gasteiger charge is -2.18. The van der Waals surface area contributed by atoms with Crippen LogP contribution in [0.25, 0.3) is 0 Å². The Balaban J connectivity index is 1.79. The van der Waals surface area contributed by atoms with E-state index in [2.05, 4.69) is 4.98 Å². The van der Waals surface area contributed by atoms with E-state index in [1.807, 2.05) is 0 Å². The van der Waals surface area contributed by atoms with Crippen molar-refractivity contribution in [1.82, 2.24) is 9.88 Å². The number of benzene rings is 1. The number of imide groups is 1. The van der Waals surface area contributed by atoms with Crippen molar-refractivity contribution in [2.45, 2.75) is 0 Å². The molecule has 1 aromatic heterocycles. The summed E-state index contributed by atoms with van der Waals surface area (Å²) < 4.78 is 0. The smallest absolute Gasteiger partial charge is 0.262 e. The second-order valence-corrected chi connectivity index (χ2v) is 5.38. The number of carbonyl (C=O) groups is 3. The molecule has 3 rings (SSSR count). The summed E-state index contributed by atoms with van der Waals surface area (Å²) in [7, 11) is 1.57. The minimum absolute atomic E-state index is 0.289. The van der Waals surface area contributed by atoms with Gasteiger partial charge in [-0.3, -0.25) is 24.2 Å². The van der Waals surface area contributed by atoms with Gasteiger partial charge in [-0.15, -0.1) is 11.3 Å². The van der Waals surface area contributed by atoms with Crippen LogP contribution in [0.15, 0.2) is 35.8 Å². The third-order valence-corrected chi connectivity index (χ3v) is 4.10.